The van der Waals surface area contributed by atoms with Crippen molar-refractivity contribution in [2.24, 2.45) is 5.73 Å². The molecule has 0 aliphatic rings. The summed E-state index contributed by atoms with van der Waals surface area (Å²) in [4.78, 5) is 0.0396. The fraction of sp³-hybridized carbons (Fsp3) is 0.0833. The number of hydrogen-bond acceptors (Lipinski definition) is 3. The van der Waals surface area contributed by atoms with Crippen LogP contribution in [0.1, 0.15) is 11.1 Å². The SMILES string of the molecule is NC(=S)c1c(F)cccc1NCc1ccoc1. The molecular formula is C12H11FN2OS. The highest BCUT2D eigenvalue weighted by molar-refractivity contribution is 7.80. The summed E-state index contributed by atoms with van der Waals surface area (Å²) in [6.07, 6.45) is 3.20. The molecule has 0 saturated heterocycles. The van der Waals surface area contributed by atoms with Gasteiger partial charge in [0.25, 0.3) is 0 Å². The Hall–Kier alpha value is -1.88. The number of furan rings is 1. The van der Waals surface area contributed by atoms with Crippen molar-refractivity contribution in [2.75, 3.05) is 5.32 Å². The smallest absolute Gasteiger partial charge is 0.135 e. The number of halogens is 1. The van der Waals surface area contributed by atoms with Crippen LogP contribution in [0.4, 0.5) is 10.1 Å². The van der Waals surface area contributed by atoms with Gasteiger partial charge in [0.1, 0.15) is 10.8 Å². The largest absolute Gasteiger partial charge is 0.472 e. The van der Waals surface area contributed by atoms with Crippen LogP contribution >= 0.6 is 12.2 Å². The van der Waals surface area contributed by atoms with Crippen LogP contribution in [0, 0.1) is 5.82 Å². The molecule has 0 amide bonds. The van der Waals surface area contributed by atoms with Crippen LogP contribution in [0.3, 0.4) is 0 Å². The summed E-state index contributed by atoms with van der Waals surface area (Å²) in [6, 6.07) is 6.50. The molecule has 88 valence electrons. The average molecular weight is 250 g/mol. The number of nitrogens with one attached hydrogen (secondary N) is 1. The van der Waals surface area contributed by atoms with Crippen LogP contribution in [0.15, 0.2) is 41.2 Å². The zero-order chi connectivity index (χ0) is 12.3. The van der Waals surface area contributed by atoms with E-state index in [0.717, 1.165) is 5.56 Å². The van der Waals surface area contributed by atoms with Crippen molar-refractivity contribution in [3.8, 4) is 0 Å². The molecule has 1 aromatic carbocycles. The monoisotopic (exact) mass is 250 g/mol. The Labute approximate surface area is 103 Å². The van der Waals surface area contributed by atoms with Gasteiger partial charge in [-0.05, 0) is 18.2 Å². The lowest BCUT2D eigenvalue weighted by molar-refractivity contribution is 0.564. The molecule has 0 radical (unpaired) electrons. The Morgan fingerprint density at radius 2 is 2.24 bits per heavy atom. The Balaban J connectivity index is 2.21. The first-order chi connectivity index (χ1) is 8.18. The summed E-state index contributed by atoms with van der Waals surface area (Å²) in [7, 11) is 0. The third kappa shape index (κ3) is 2.62. The second-order valence-electron chi connectivity index (χ2n) is 3.51. The number of rotatable bonds is 4. The fourth-order valence-corrected chi connectivity index (χ4v) is 1.72. The molecule has 1 heterocycles. The molecule has 0 atom stereocenters. The molecule has 0 aliphatic carbocycles. The van der Waals surface area contributed by atoms with E-state index in [1.54, 1.807) is 24.7 Å². The van der Waals surface area contributed by atoms with Crippen molar-refractivity contribution in [1.29, 1.82) is 0 Å². The van der Waals surface area contributed by atoms with Gasteiger partial charge in [-0.3, -0.25) is 0 Å². The van der Waals surface area contributed by atoms with E-state index in [0.29, 0.717) is 12.2 Å². The molecule has 0 bridgehead atoms. The second kappa shape index (κ2) is 4.97. The molecule has 2 rings (SSSR count). The minimum absolute atomic E-state index is 0.0396. The summed E-state index contributed by atoms with van der Waals surface area (Å²) in [5, 5.41) is 3.07. The van der Waals surface area contributed by atoms with Crippen molar-refractivity contribution in [2.45, 2.75) is 6.54 Å². The maximum atomic E-state index is 13.5. The molecule has 0 unspecified atom stereocenters. The lowest BCUT2D eigenvalue weighted by Crippen LogP contribution is -2.15. The van der Waals surface area contributed by atoms with Gasteiger partial charge >= 0.3 is 0 Å². The highest BCUT2D eigenvalue weighted by Gasteiger charge is 2.10. The lowest BCUT2D eigenvalue weighted by Gasteiger charge is -2.10. The summed E-state index contributed by atoms with van der Waals surface area (Å²) in [5.74, 6) is -0.422. The highest BCUT2D eigenvalue weighted by Crippen LogP contribution is 2.19. The van der Waals surface area contributed by atoms with Gasteiger partial charge in [0.05, 0.1) is 18.1 Å². The number of thiocarbonyl (C=S) groups is 1. The molecular weight excluding hydrogens is 239 g/mol. The first-order valence-corrected chi connectivity index (χ1v) is 5.42. The highest BCUT2D eigenvalue weighted by atomic mass is 32.1. The molecule has 0 aliphatic heterocycles. The molecule has 5 heteroatoms. The summed E-state index contributed by atoms with van der Waals surface area (Å²) < 4.78 is 18.5. The van der Waals surface area contributed by atoms with E-state index < -0.39 is 5.82 Å². The van der Waals surface area contributed by atoms with Gasteiger partial charge in [-0.1, -0.05) is 18.3 Å². The van der Waals surface area contributed by atoms with Crippen LogP contribution in [0.2, 0.25) is 0 Å². The van der Waals surface area contributed by atoms with E-state index in [4.69, 9.17) is 22.4 Å². The lowest BCUT2D eigenvalue weighted by atomic mass is 10.1. The third-order valence-corrected chi connectivity index (χ3v) is 2.53. The third-order valence-electron chi connectivity index (χ3n) is 2.32. The van der Waals surface area contributed by atoms with E-state index >= 15 is 0 Å². The average Bonchev–Trinajstić information content (AvgIpc) is 2.78. The molecule has 1 aromatic heterocycles. The predicted octanol–water partition coefficient (Wildman–Crippen LogP) is 2.67. The van der Waals surface area contributed by atoms with Crippen molar-refractivity contribution < 1.29 is 8.81 Å². The second-order valence-corrected chi connectivity index (χ2v) is 3.95. The first kappa shape index (κ1) is 11.6. The number of anilines is 1. The van der Waals surface area contributed by atoms with Crippen LogP contribution in [-0.4, -0.2) is 4.99 Å². The van der Waals surface area contributed by atoms with Crippen molar-refractivity contribution in [1.82, 2.24) is 0 Å². The van der Waals surface area contributed by atoms with Gasteiger partial charge in [-0.2, -0.15) is 0 Å². The zero-order valence-corrected chi connectivity index (χ0v) is 9.76. The van der Waals surface area contributed by atoms with Crippen LogP contribution in [0.5, 0.6) is 0 Å². The van der Waals surface area contributed by atoms with Gasteiger partial charge in [-0.25, -0.2) is 4.39 Å². The summed E-state index contributed by atoms with van der Waals surface area (Å²) in [6.45, 7) is 0.523. The molecule has 0 saturated carbocycles. The summed E-state index contributed by atoms with van der Waals surface area (Å²) in [5.41, 5.74) is 7.28. The van der Waals surface area contributed by atoms with Crippen LogP contribution < -0.4 is 11.1 Å². The minimum atomic E-state index is -0.422. The standard InChI is InChI=1S/C12H11FN2OS/c13-9-2-1-3-10(11(9)12(14)17)15-6-8-4-5-16-7-8/h1-5,7,15H,6H2,(H2,14,17). The van der Waals surface area contributed by atoms with Crippen LogP contribution in [-0.2, 0) is 6.54 Å². The zero-order valence-electron chi connectivity index (χ0n) is 8.94. The van der Waals surface area contributed by atoms with E-state index in [2.05, 4.69) is 5.32 Å². The first-order valence-electron chi connectivity index (χ1n) is 5.01. The minimum Gasteiger partial charge on any atom is -0.472 e. The number of hydrogen-bond donors (Lipinski definition) is 2. The maximum absolute atomic E-state index is 13.5. The van der Waals surface area contributed by atoms with Gasteiger partial charge in [-0.15, -0.1) is 0 Å². The molecule has 17 heavy (non-hydrogen) atoms. The van der Waals surface area contributed by atoms with E-state index in [9.17, 15) is 4.39 Å². The molecule has 3 N–H and O–H groups in total. The van der Waals surface area contributed by atoms with Gasteiger partial charge < -0.3 is 15.5 Å². The van der Waals surface area contributed by atoms with Crippen molar-refractivity contribution in [3.63, 3.8) is 0 Å². The number of benzene rings is 1. The van der Waals surface area contributed by atoms with E-state index in [1.165, 1.54) is 6.07 Å². The fourth-order valence-electron chi connectivity index (χ4n) is 1.51. The van der Waals surface area contributed by atoms with E-state index in [-0.39, 0.29) is 10.6 Å². The van der Waals surface area contributed by atoms with Gasteiger partial charge in [0, 0.05) is 17.8 Å². The summed E-state index contributed by atoms with van der Waals surface area (Å²) >= 11 is 4.83. The maximum Gasteiger partial charge on any atom is 0.135 e. The van der Waals surface area contributed by atoms with Gasteiger partial charge in [0.2, 0.25) is 0 Å². The van der Waals surface area contributed by atoms with Gasteiger partial charge in [0.15, 0.2) is 0 Å². The molecule has 2 aromatic rings. The Bertz CT molecular complexity index is 525. The Morgan fingerprint density at radius 1 is 1.41 bits per heavy atom. The van der Waals surface area contributed by atoms with Crippen LogP contribution in [0.25, 0.3) is 0 Å². The number of nitrogens with two attached hydrogens (primary N) is 1. The van der Waals surface area contributed by atoms with E-state index in [1.807, 2.05) is 6.07 Å². The Morgan fingerprint density at radius 3 is 2.88 bits per heavy atom. The molecule has 0 fully saturated rings. The normalized spacial score (nSPS) is 10.2. The van der Waals surface area contributed by atoms with Crippen molar-refractivity contribution >= 4 is 22.9 Å². The van der Waals surface area contributed by atoms with Crippen molar-refractivity contribution in [3.05, 3.63) is 53.7 Å². The molecule has 0 spiro atoms. The predicted molar refractivity (Wildman–Crippen MR) is 68.3 cm³/mol. The topological polar surface area (TPSA) is 51.2 Å². The quantitative estimate of drug-likeness (QED) is 0.819. The molecule has 3 nitrogen and oxygen atoms in total. The Kier molecular flexibility index (Phi) is 3.39.